The minimum absolute atomic E-state index is 0. The maximum atomic E-state index is 11.4. The maximum Gasteiger partial charge on any atom is 1.00 e. The zero-order chi connectivity index (χ0) is 39.8. The van der Waals surface area contributed by atoms with Crippen molar-refractivity contribution in [1.29, 1.82) is 0 Å². The normalized spacial score (nSPS) is 8.67. The van der Waals surface area contributed by atoms with Crippen molar-refractivity contribution < 1.29 is 134 Å². The Morgan fingerprint density at radius 1 is 0.772 bits per heavy atom. The molecule has 0 saturated carbocycles. The van der Waals surface area contributed by atoms with Crippen molar-refractivity contribution in [2.75, 3.05) is 5.33 Å². The van der Waals surface area contributed by atoms with Gasteiger partial charge in [0.1, 0.15) is 29.4 Å². The number of ketones is 3. The van der Waals surface area contributed by atoms with Crippen LogP contribution in [0.3, 0.4) is 0 Å². The van der Waals surface area contributed by atoms with E-state index in [0.29, 0.717) is 27.2 Å². The van der Waals surface area contributed by atoms with Crippen LogP contribution in [0.4, 0.5) is 0 Å². The monoisotopic (exact) mass is 1050 g/mol. The van der Waals surface area contributed by atoms with Crippen LogP contribution in [0.2, 0.25) is 5.15 Å². The van der Waals surface area contributed by atoms with Crippen LogP contribution in [-0.2, 0) is 9.68 Å². The van der Waals surface area contributed by atoms with Crippen molar-refractivity contribution in [2.45, 2.75) is 49.5 Å². The summed E-state index contributed by atoms with van der Waals surface area (Å²) in [5.74, 6) is 1.58. The number of carbonyl (C=O) groups excluding carboxylic acids is 4. The standard InChI is InChI=1S/C11H10BrN3O.C11H11N3O.C7H6ClNO.C4H6N2.CH2O3.2CH4.Br2.2K.H/c1-8-6-15(7-14-8)11-3-2-9(5-13-11)10(16)4-12;1-8-6-14(7-13-8)11-4-3-10(5-12-11)9(2)15;1-5(10)6-2-3-7(8)9-4-6;1-4-2-5-3-6-4;2-1-4-3;;;1-2;;;/h2-3,5-7H,4H2,1H3;3-7H,1-2H3;2-4H,1H3;2-3H,1H3,(H,5,6);1,3H;2*1H4;;;;/q;;;;;;;;2*+1;-1/p-1. The number of nitrogens with zero attached hydrogens (tertiary/aromatic N) is 8. The summed E-state index contributed by atoms with van der Waals surface area (Å²) in [6, 6.07) is 10.4. The second kappa shape index (κ2) is 36.4. The van der Waals surface area contributed by atoms with Gasteiger partial charge >= 0.3 is 103 Å². The predicted octanol–water partition coefficient (Wildman–Crippen LogP) is 2.11. The number of alkyl halides is 1. The Bertz CT molecular complexity index is 1980. The molecular formula is C36H43Br3ClK2N9O6. The minimum Gasteiger partial charge on any atom is -1.00 e. The summed E-state index contributed by atoms with van der Waals surface area (Å²) in [5, 5.41) is 9.16. The summed E-state index contributed by atoms with van der Waals surface area (Å²) < 4.78 is 3.64. The molecule has 0 fully saturated rings. The maximum absolute atomic E-state index is 11.4. The van der Waals surface area contributed by atoms with Crippen LogP contribution in [0.5, 0.6) is 0 Å². The molecule has 0 aliphatic heterocycles. The molecule has 6 heterocycles. The second-order valence-corrected chi connectivity index (χ2v) is 11.1. The molecule has 15 nitrogen and oxygen atoms in total. The van der Waals surface area contributed by atoms with Gasteiger partial charge in [-0.05, 0) is 71.0 Å². The van der Waals surface area contributed by atoms with Crippen LogP contribution in [0.1, 0.15) is 78.3 Å². The zero-order valence-corrected chi connectivity index (χ0v) is 42.7. The Kier molecular flexibility index (Phi) is 39.7. The fourth-order valence-electron chi connectivity index (χ4n) is 3.53. The molecular weight excluding hydrogens is 1010 g/mol. The first-order valence-corrected chi connectivity index (χ1v) is 20.1. The molecule has 0 aromatic carbocycles. The number of halogens is 4. The molecule has 0 aliphatic rings. The number of H-pyrrole nitrogens is 1. The largest absolute Gasteiger partial charge is 1.00 e. The van der Waals surface area contributed by atoms with Crippen molar-refractivity contribution in [2.24, 2.45) is 0 Å². The number of hydrogen-bond acceptors (Lipinski definition) is 12. The first-order chi connectivity index (χ1) is 25.4. The number of nitrogens with one attached hydrogen (secondary N) is 1. The van der Waals surface area contributed by atoms with E-state index in [1.807, 2.05) is 42.3 Å². The fraction of sp³-hybridized carbons (Fsp3) is 0.222. The number of aryl methyl sites for hydroxylation is 3. The van der Waals surface area contributed by atoms with Crippen molar-refractivity contribution in [3.63, 3.8) is 0 Å². The van der Waals surface area contributed by atoms with Crippen molar-refractivity contribution in [1.82, 2.24) is 44.0 Å². The van der Waals surface area contributed by atoms with Crippen molar-refractivity contribution in [3.8, 4) is 11.6 Å². The van der Waals surface area contributed by atoms with Crippen LogP contribution in [0.25, 0.3) is 11.6 Å². The molecule has 0 saturated heterocycles. The third-order valence-electron chi connectivity index (χ3n) is 6.11. The van der Waals surface area contributed by atoms with E-state index in [1.165, 1.54) is 20.0 Å². The molecule has 0 aliphatic carbocycles. The molecule has 57 heavy (non-hydrogen) atoms. The molecule has 0 unspecified atom stereocenters. The summed E-state index contributed by atoms with van der Waals surface area (Å²) in [5.41, 5.74) is 4.79. The molecule has 0 radical (unpaired) electrons. The van der Waals surface area contributed by atoms with E-state index in [1.54, 1.807) is 74.0 Å². The van der Waals surface area contributed by atoms with E-state index in [2.05, 4.69) is 84.0 Å². The second-order valence-electron chi connectivity index (χ2n) is 10.1. The zero-order valence-electron chi connectivity index (χ0n) is 32.0. The number of Topliss-reactive ketones (excluding diaryl/α,β-unsaturated/α-hetero) is 3. The summed E-state index contributed by atoms with van der Waals surface area (Å²) in [6.07, 6.45) is 15.2. The van der Waals surface area contributed by atoms with Gasteiger partial charge in [0.2, 0.25) is 0 Å². The average molecular weight is 1050 g/mol. The SMILES string of the molecule is BrBr.C.C.CC(=O)c1ccc(-n2cnc(C)c2)nc1.CC(=O)c1ccc(Cl)nc1.Cc1cn(-c2ccc(C(=O)CBr)cn2)cn1.Cc1cnc[nH]1.O=CO[O-].[H-].[K+].[K+]. The van der Waals surface area contributed by atoms with E-state index in [0.717, 1.165) is 28.7 Å². The van der Waals surface area contributed by atoms with Crippen LogP contribution in [-0.4, -0.2) is 73.2 Å². The van der Waals surface area contributed by atoms with Crippen molar-refractivity contribution in [3.05, 3.63) is 131 Å². The molecule has 21 heteroatoms. The predicted molar refractivity (Wildman–Crippen MR) is 222 cm³/mol. The van der Waals surface area contributed by atoms with Crippen LogP contribution < -0.4 is 108 Å². The van der Waals surface area contributed by atoms with Gasteiger partial charge in [-0.2, -0.15) is 0 Å². The molecule has 0 atom stereocenters. The Morgan fingerprint density at radius 3 is 1.44 bits per heavy atom. The fourth-order valence-corrected chi connectivity index (χ4v) is 3.97. The number of pyridine rings is 3. The molecule has 0 amide bonds. The van der Waals surface area contributed by atoms with Gasteiger partial charge in [0.15, 0.2) is 17.3 Å². The molecule has 0 spiro atoms. The van der Waals surface area contributed by atoms with Gasteiger partial charge in [0.25, 0.3) is 6.47 Å². The van der Waals surface area contributed by atoms with E-state index in [4.69, 9.17) is 21.7 Å². The molecule has 6 aromatic heterocycles. The number of carbonyl (C=O) groups is 4. The summed E-state index contributed by atoms with van der Waals surface area (Å²) >= 11 is 14.1. The van der Waals surface area contributed by atoms with Crippen LogP contribution in [0, 0.1) is 20.8 Å². The number of aromatic nitrogens is 9. The molecule has 298 valence electrons. The molecule has 6 aromatic rings. The molecule has 0 bridgehead atoms. The van der Waals surface area contributed by atoms with E-state index in [-0.39, 0.29) is 143 Å². The van der Waals surface area contributed by atoms with Gasteiger partial charge in [-0.3, -0.25) is 28.3 Å². The number of imidazole rings is 3. The average Bonchev–Trinajstić information content (AvgIpc) is 3.96. The van der Waals surface area contributed by atoms with Gasteiger partial charge in [0, 0.05) is 87.8 Å². The van der Waals surface area contributed by atoms with Gasteiger partial charge < -0.3 is 16.6 Å². The van der Waals surface area contributed by atoms with Crippen molar-refractivity contribution >= 4 is 79.6 Å². The van der Waals surface area contributed by atoms with Gasteiger partial charge in [-0.1, -0.05) is 42.4 Å². The number of hydrogen-bond donors (Lipinski definition) is 1. The minimum atomic E-state index is -0.181. The molecule has 6 rings (SSSR count). The molecule has 1 N–H and O–H groups in total. The summed E-state index contributed by atoms with van der Waals surface area (Å²) in [6.45, 7) is 8.63. The van der Waals surface area contributed by atoms with E-state index >= 15 is 0 Å². The Morgan fingerprint density at radius 2 is 1.19 bits per heavy atom. The first kappa shape index (κ1) is 62.2. The van der Waals surface area contributed by atoms with Gasteiger partial charge in [0.05, 0.1) is 23.0 Å². The van der Waals surface area contributed by atoms with Gasteiger partial charge in [-0.25, -0.2) is 29.9 Å². The quantitative estimate of drug-likeness (QED) is 0.0465. The Labute approximate surface area is 448 Å². The Hall–Kier alpha value is -1.48. The third-order valence-corrected chi connectivity index (χ3v) is 6.84. The summed E-state index contributed by atoms with van der Waals surface area (Å²) in [7, 11) is 0. The first-order valence-electron chi connectivity index (χ1n) is 14.9. The number of rotatable bonds is 7. The third kappa shape index (κ3) is 25.7. The van der Waals surface area contributed by atoms with E-state index in [9.17, 15) is 14.4 Å². The topological polar surface area (TPSA) is 204 Å². The summed E-state index contributed by atoms with van der Waals surface area (Å²) in [4.78, 5) is 71.3. The Balaban J connectivity index is -0.000000207. The van der Waals surface area contributed by atoms with Gasteiger partial charge in [-0.15, -0.1) is 0 Å². The van der Waals surface area contributed by atoms with E-state index < -0.39 is 0 Å². The van der Waals surface area contributed by atoms with Crippen LogP contribution in [0.15, 0.2) is 92.6 Å². The van der Waals surface area contributed by atoms with Crippen LogP contribution >= 0.6 is 55.8 Å². The number of aromatic amines is 1. The smallest absolute Gasteiger partial charge is 1.00 e.